The van der Waals surface area contributed by atoms with Crippen molar-refractivity contribution in [2.24, 2.45) is 16.3 Å². The summed E-state index contributed by atoms with van der Waals surface area (Å²) >= 11 is 1.54. The van der Waals surface area contributed by atoms with Crippen molar-refractivity contribution < 1.29 is 9.53 Å². The Kier molecular flexibility index (Phi) is 12.0. The lowest BCUT2D eigenvalue weighted by atomic mass is 9.88. The van der Waals surface area contributed by atoms with Gasteiger partial charge in [0.1, 0.15) is 22.9 Å². The summed E-state index contributed by atoms with van der Waals surface area (Å²) in [5, 5.41) is 28.0. The molecule has 0 saturated carbocycles. The summed E-state index contributed by atoms with van der Waals surface area (Å²) in [5.74, 6) is 1.26. The number of amides is 1. The summed E-state index contributed by atoms with van der Waals surface area (Å²) < 4.78 is 7.56. The van der Waals surface area contributed by atoms with E-state index >= 15 is 0 Å². The Balaban J connectivity index is 1.42. The summed E-state index contributed by atoms with van der Waals surface area (Å²) in [5.41, 5.74) is 2.99. The Morgan fingerprint density at radius 3 is 2.36 bits per heavy atom. The van der Waals surface area contributed by atoms with Crippen LogP contribution in [0, 0.1) is 27.6 Å². The lowest BCUT2D eigenvalue weighted by molar-refractivity contribution is -0.119. The van der Waals surface area contributed by atoms with Crippen LogP contribution in [-0.4, -0.2) is 39.4 Å². The van der Waals surface area contributed by atoms with E-state index in [9.17, 15) is 4.79 Å². The van der Waals surface area contributed by atoms with Gasteiger partial charge in [0.2, 0.25) is 5.91 Å². The van der Waals surface area contributed by atoms with E-state index in [0.717, 1.165) is 27.3 Å². The highest BCUT2D eigenvalue weighted by molar-refractivity contribution is 7.99. The molecule has 2 aromatic carbocycles. The first-order valence-electron chi connectivity index (χ1n) is 15.6. The number of hydrogen-bond acceptors (Lipinski definition) is 8. The highest BCUT2D eigenvalue weighted by atomic mass is 32.2. The quantitative estimate of drug-likeness (QED) is 0.0934. The van der Waals surface area contributed by atoms with E-state index in [-0.39, 0.29) is 35.6 Å². The van der Waals surface area contributed by atoms with E-state index < -0.39 is 0 Å². The summed E-state index contributed by atoms with van der Waals surface area (Å²) in [4.78, 5) is 23.9. The van der Waals surface area contributed by atoms with E-state index in [0.29, 0.717) is 35.4 Å². The summed E-state index contributed by atoms with van der Waals surface area (Å²) in [6.07, 6.45) is 6.47. The first-order valence-corrected chi connectivity index (χ1v) is 16.4. The molecule has 0 radical (unpaired) electrons. The number of nitrogens with one attached hydrogen (secondary N) is 4. The fraction of sp³-hybridized carbons (Fsp3) is 0.297. The molecule has 244 valence electrons. The van der Waals surface area contributed by atoms with Crippen molar-refractivity contribution in [2.45, 2.75) is 63.7 Å². The van der Waals surface area contributed by atoms with Crippen molar-refractivity contribution in [3.05, 3.63) is 108 Å². The predicted octanol–water partition coefficient (Wildman–Crippen LogP) is 7.46. The van der Waals surface area contributed by atoms with Gasteiger partial charge in [-0.1, -0.05) is 64.6 Å². The topological polar surface area (TPSA) is 140 Å². The first-order chi connectivity index (χ1) is 22.4. The van der Waals surface area contributed by atoms with Gasteiger partial charge in [-0.15, -0.1) is 0 Å². The van der Waals surface area contributed by atoms with Gasteiger partial charge in [-0.2, -0.15) is 0 Å². The lowest BCUT2D eigenvalue weighted by Gasteiger charge is -2.21. The van der Waals surface area contributed by atoms with Crippen LogP contribution in [0.2, 0.25) is 0 Å². The maximum Gasteiger partial charge on any atom is 0.229 e. The molecule has 0 aliphatic rings. The third-order valence-electron chi connectivity index (χ3n) is 7.28. The predicted molar refractivity (Wildman–Crippen MR) is 189 cm³/mol. The Hall–Kier alpha value is -4.83. The Labute approximate surface area is 281 Å². The summed E-state index contributed by atoms with van der Waals surface area (Å²) in [7, 11) is 0. The molecule has 0 aliphatic carbocycles. The van der Waals surface area contributed by atoms with E-state index in [1.54, 1.807) is 23.0 Å². The molecule has 0 aliphatic heterocycles. The fourth-order valence-electron chi connectivity index (χ4n) is 4.40. The fourth-order valence-corrected chi connectivity index (χ4v) is 5.24. The van der Waals surface area contributed by atoms with Crippen molar-refractivity contribution in [3.8, 4) is 5.75 Å². The molecule has 2 aromatic heterocycles. The van der Waals surface area contributed by atoms with E-state index in [1.165, 1.54) is 11.8 Å². The van der Waals surface area contributed by atoms with Crippen molar-refractivity contribution >= 4 is 40.7 Å². The molecule has 0 atom stereocenters. The molecule has 4 rings (SSSR count). The van der Waals surface area contributed by atoms with Gasteiger partial charge < -0.3 is 15.5 Å². The average Bonchev–Trinajstić information content (AvgIpc) is 3.02. The second-order valence-corrected chi connectivity index (χ2v) is 13.7. The zero-order chi connectivity index (χ0) is 34.0. The Bertz CT molecular complexity index is 1790. The minimum absolute atomic E-state index is 0.00650. The van der Waals surface area contributed by atoms with Gasteiger partial charge >= 0.3 is 0 Å². The molecule has 0 spiro atoms. The van der Waals surface area contributed by atoms with Gasteiger partial charge in [-0.25, -0.2) is 4.99 Å². The smallest absolute Gasteiger partial charge is 0.229 e. The number of ether oxygens (including phenoxy) is 1. The highest BCUT2D eigenvalue weighted by Crippen LogP contribution is 2.27. The van der Waals surface area contributed by atoms with Crippen molar-refractivity contribution in [1.29, 1.82) is 16.2 Å². The maximum atomic E-state index is 13.2. The molecule has 2 heterocycles. The van der Waals surface area contributed by atoms with Crippen LogP contribution in [0.15, 0.2) is 106 Å². The molecular weight excluding hydrogens is 607 g/mol. The van der Waals surface area contributed by atoms with Gasteiger partial charge in [-0.3, -0.25) is 25.2 Å². The van der Waals surface area contributed by atoms with Gasteiger partial charge in [0.05, 0.1) is 18.7 Å². The number of aliphatic imine (C=N–C) groups is 1. The van der Waals surface area contributed by atoms with Crippen LogP contribution in [0.1, 0.15) is 52.2 Å². The molecule has 4 aromatic rings. The Morgan fingerprint density at radius 1 is 0.979 bits per heavy atom. The van der Waals surface area contributed by atoms with E-state index in [4.69, 9.17) is 26.0 Å². The number of hydrogen-bond donors (Lipinski definition) is 4. The van der Waals surface area contributed by atoms with Crippen molar-refractivity contribution in [3.63, 3.8) is 0 Å². The summed E-state index contributed by atoms with van der Waals surface area (Å²) in [6.45, 7) is 10.3. The van der Waals surface area contributed by atoms with Crippen molar-refractivity contribution in [2.75, 3.05) is 6.61 Å². The second-order valence-electron chi connectivity index (χ2n) is 12.5. The van der Waals surface area contributed by atoms with Crippen LogP contribution >= 0.6 is 11.8 Å². The van der Waals surface area contributed by atoms with Gasteiger partial charge in [-0.05, 0) is 65.1 Å². The van der Waals surface area contributed by atoms with Crippen LogP contribution in [0.4, 0.5) is 5.69 Å². The van der Waals surface area contributed by atoms with Gasteiger partial charge in [0.25, 0.3) is 0 Å². The normalized spacial score (nSPS) is 11.7. The van der Waals surface area contributed by atoms with Crippen LogP contribution in [0.3, 0.4) is 0 Å². The third kappa shape index (κ3) is 10.9. The van der Waals surface area contributed by atoms with Crippen LogP contribution < -0.4 is 15.5 Å². The molecule has 10 heteroatoms. The van der Waals surface area contributed by atoms with Gasteiger partial charge in [0, 0.05) is 58.9 Å². The molecule has 0 bridgehead atoms. The SMILES string of the molecule is CC(C)C(=N)n1cc(Sc2ccc(CC(=O)NC(CC(=N)C(C)(C)C)=Nc3cccc(OCCc4ccncc4)c3)cc2)ccc1=N. The number of nitrogens with zero attached hydrogens (tertiary/aromatic N) is 3. The van der Waals surface area contributed by atoms with Crippen LogP contribution in [0.25, 0.3) is 0 Å². The molecule has 47 heavy (non-hydrogen) atoms. The maximum absolute atomic E-state index is 13.2. The number of aromatic nitrogens is 2. The average molecular weight is 650 g/mol. The number of benzene rings is 2. The molecule has 4 N–H and O–H groups in total. The summed E-state index contributed by atoms with van der Waals surface area (Å²) in [6, 6.07) is 22.7. The molecule has 0 unspecified atom stereocenters. The second kappa shape index (κ2) is 16.1. The molecule has 1 amide bonds. The number of amidine groups is 1. The number of carbonyl (C=O) groups is 1. The van der Waals surface area contributed by atoms with Gasteiger partial charge in [0.15, 0.2) is 0 Å². The standard InChI is InChI=1S/C37H43N7O2S/c1-25(2)36(40)44-24-31(13-14-33(44)39)47-30-11-9-27(10-12-30)21-35(45)43-34(23-32(38)37(3,4)5)42-28-7-6-8-29(22-28)46-20-17-26-15-18-41-19-16-26/h6-16,18-19,22,24-25,38-40H,17,20-21,23H2,1-5H3,(H,42,43,45). The van der Waals surface area contributed by atoms with E-state index in [1.807, 2.05) is 108 Å². The Morgan fingerprint density at radius 2 is 1.68 bits per heavy atom. The number of carbonyl (C=O) groups excluding carboxylic acids is 1. The van der Waals surface area contributed by atoms with Crippen LogP contribution in [0.5, 0.6) is 5.75 Å². The first kappa shape index (κ1) is 35.0. The molecule has 9 nitrogen and oxygen atoms in total. The minimum atomic E-state index is -0.369. The molecule has 0 fully saturated rings. The number of rotatable bonds is 12. The molecule has 0 saturated heterocycles. The zero-order valence-electron chi connectivity index (χ0n) is 27.6. The zero-order valence-corrected chi connectivity index (χ0v) is 28.4. The highest BCUT2D eigenvalue weighted by Gasteiger charge is 2.20. The largest absolute Gasteiger partial charge is 0.493 e. The minimum Gasteiger partial charge on any atom is -0.493 e. The third-order valence-corrected chi connectivity index (χ3v) is 8.26. The van der Waals surface area contributed by atoms with Crippen molar-refractivity contribution in [1.82, 2.24) is 14.9 Å². The monoisotopic (exact) mass is 649 g/mol. The van der Waals surface area contributed by atoms with Crippen LogP contribution in [-0.2, 0) is 17.6 Å². The number of pyridine rings is 2. The van der Waals surface area contributed by atoms with E-state index in [2.05, 4.69) is 10.3 Å². The lowest BCUT2D eigenvalue weighted by Crippen LogP contribution is -2.35. The molecular formula is C37H43N7O2S.